The summed E-state index contributed by atoms with van der Waals surface area (Å²) in [5, 5.41) is 13.0. The van der Waals surface area contributed by atoms with Crippen LogP contribution in [0.1, 0.15) is 11.6 Å². The molecule has 9 heteroatoms. The first kappa shape index (κ1) is 15.6. The molecule has 0 bridgehead atoms. The lowest BCUT2D eigenvalue weighted by Gasteiger charge is -2.08. The van der Waals surface area contributed by atoms with Gasteiger partial charge in [-0.05, 0) is 34.7 Å². The first-order valence-corrected chi connectivity index (χ1v) is 8.57. The van der Waals surface area contributed by atoms with Gasteiger partial charge in [-0.3, -0.25) is 9.36 Å². The Kier molecular flexibility index (Phi) is 4.06. The molecule has 1 aromatic carbocycles. The molecule has 126 valence electrons. The van der Waals surface area contributed by atoms with Crippen molar-refractivity contribution in [2.24, 2.45) is 7.05 Å². The van der Waals surface area contributed by atoms with Crippen LogP contribution in [0.2, 0.25) is 0 Å². The largest absolute Gasteiger partial charge is 0.467 e. The van der Waals surface area contributed by atoms with Gasteiger partial charge in [-0.1, -0.05) is 23.9 Å². The second-order valence-electron chi connectivity index (χ2n) is 5.40. The van der Waals surface area contributed by atoms with Crippen molar-refractivity contribution < 1.29 is 4.42 Å². The van der Waals surface area contributed by atoms with Crippen LogP contribution in [0.25, 0.3) is 10.9 Å². The molecule has 3 heterocycles. The van der Waals surface area contributed by atoms with Crippen LogP contribution in [0.4, 0.5) is 0 Å². The molecule has 0 radical (unpaired) electrons. The normalized spacial score (nSPS) is 11.2. The molecule has 4 aromatic rings. The van der Waals surface area contributed by atoms with Crippen molar-refractivity contribution >= 4 is 22.7 Å². The van der Waals surface area contributed by atoms with Crippen molar-refractivity contribution in [2.45, 2.75) is 17.5 Å². The molecule has 0 aliphatic carbocycles. The molecule has 0 saturated heterocycles. The zero-order chi connectivity index (χ0) is 17.2. The van der Waals surface area contributed by atoms with Gasteiger partial charge in [0.15, 0.2) is 0 Å². The molecule has 0 saturated carbocycles. The van der Waals surface area contributed by atoms with Gasteiger partial charge in [0.05, 0.1) is 22.9 Å². The lowest BCUT2D eigenvalue weighted by molar-refractivity contribution is 0.462. The van der Waals surface area contributed by atoms with Gasteiger partial charge in [0.2, 0.25) is 5.16 Å². The van der Waals surface area contributed by atoms with E-state index in [9.17, 15) is 4.79 Å². The number of hydrogen-bond acceptors (Lipinski definition) is 7. The molecule has 0 aliphatic heterocycles. The van der Waals surface area contributed by atoms with E-state index in [2.05, 4.69) is 20.5 Å². The fraction of sp³-hybridized carbons (Fsp3) is 0.188. The minimum atomic E-state index is -0.0589. The van der Waals surface area contributed by atoms with Crippen molar-refractivity contribution in [3.05, 3.63) is 64.6 Å². The van der Waals surface area contributed by atoms with Gasteiger partial charge in [0.1, 0.15) is 18.1 Å². The summed E-state index contributed by atoms with van der Waals surface area (Å²) in [6.45, 7) is 0.451. The van der Waals surface area contributed by atoms with Gasteiger partial charge in [0.25, 0.3) is 5.56 Å². The van der Waals surface area contributed by atoms with Crippen molar-refractivity contribution in [1.82, 2.24) is 29.8 Å². The maximum atomic E-state index is 12.4. The molecule has 0 atom stereocenters. The Morgan fingerprint density at radius 3 is 2.92 bits per heavy atom. The Labute approximate surface area is 146 Å². The smallest absolute Gasteiger partial charge is 0.261 e. The van der Waals surface area contributed by atoms with E-state index in [-0.39, 0.29) is 5.56 Å². The van der Waals surface area contributed by atoms with Crippen LogP contribution < -0.4 is 5.56 Å². The SMILES string of the molecule is Cn1c(CSc2nnnn2Cc2ccco2)nc2ccccc2c1=O. The average Bonchev–Trinajstić information content (AvgIpc) is 3.29. The molecular weight excluding hydrogens is 340 g/mol. The summed E-state index contributed by atoms with van der Waals surface area (Å²) in [5.41, 5.74) is 0.632. The topological polar surface area (TPSA) is 91.6 Å². The molecular formula is C16H14N6O2S. The van der Waals surface area contributed by atoms with Gasteiger partial charge in [-0.15, -0.1) is 5.10 Å². The van der Waals surface area contributed by atoms with E-state index in [4.69, 9.17) is 4.42 Å². The number of benzene rings is 1. The van der Waals surface area contributed by atoms with Gasteiger partial charge >= 0.3 is 0 Å². The minimum Gasteiger partial charge on any atom is -0.467 e. The predicted molar refractivity (Wildman–Crippen MR) is 92.2 cm³/mol. The molecule has 0 spiro atoms. The maximum absolute atomic E-state index is 12.4. The van der Waals surface area contributed by atoms with Crippen molar-refractivity contribution in [2.75, 3.05) is 0 Å². The number of furan rings is 1. The highest BCUT2D eigenvalue weighted by Gasteiger charge is 2.12. The number of hydrogen-bond donors (Lipinski definition) is 0. The van der Waals surface area contributed by atoms with E-state index in [0.29, 0.717) is 34.2 Å². The van der Waals surface area contributed by atoms with Crippen LogP contribution in [0.15, 0.2) is 57.0 Å². The minimum absolute atomic E-state index is 0.0589. The van der Waals surface area contributed by atoms with E-state index in [1.54, 1.807) is 28.6 Å². The fourth-order valence-corrected chi connectivity index (χ4v) is 3.33. The van der Waals surface area contributed by atoms with E-state index in [1.165, 1.54) is 11.8 Å². The Morgan fingerprint density at radius 1 is 1.20 bits per heavy atom. The number of fused-ring (bicyclic) bond motifs is 1. The highest BCUT2D eigenvalue weighted by atomic mass is 32.2. The first-order chi connectivity index (χ1) is 12.2. The quantitative estimate of drug-likeness (QED) is 0.505. The summed E-state index contributed by atoms with van der Waals surface area (Å²) in [7, 11) is 1.73. The van der Waals surface area contributed by atoms with E-state index < -0.39 is 0 Å². The summed E-state index contributed by atoms with van der Waals surface area (Å²) >= 11 is 1.42. The van der Waals surface area contributed by atoms with Crippen LogP contribution in [0.5, 0.6) is 0 Å². The second-order valence-corrected chi connectivity index (χ2v) is 6.34. The van der Waals surface area contributed by atoms with Gasteiger partial charge < -0.3 is 4.42 Å². The van der Waals surface area contributed by atoms with Crippen LogP contribution in [0, 0.1) is 0 Å². The third kappa shape index (κ3) is 3.05. The molecule has 0 N–H and O–H groups in total. The van der Waals surface area contributed by atoms with Crippen molar-refractivity contribution in [3.8, 4) is 0 Å². The highest BCUT2D eigenvalue weighted by Crippen LogP contribution is 2.20. The van der Waals surface area contributed by atoms with Gasteiger partial charge in [-0.2, -0.15) is 0 Å². The maximum Gasteiger partial charge on any atom is 0.261 e. The number of nitrogens with zero attached hydrogens (tertiary/aromatic N) is 6. The summed E-state index contributed by atoms with van der Waals surface area (Å²) < 4.78 is 8.55. The lowest BCUT2D eigenvalue weighted by Crippen LogP contribution is -2.22. The summed E-state index contributed by atoms with van der Waals surface area (Å²) in [5.74, 6) is 1.92. The average molecular weight is 354 g/mol. The number of tetrazole rings is 1. The fourth-order valence-electron chi connectivity index (χ4n) is 2.47. The molecule has 0 amide bonds. The summed E-state index contributed by atoms with van der Waals surface area (Å²) in [6, 6.07) is 11.0. The third-order valence-electron chi connectivity index (χ3n) is 3.79. The van der Waals surface area contributed by atoms with Crippen LogP contribution in [-0.4, -0.2) is 29.8 Å². The number of para-hydroxylation sites is 1. The van der Waals surface area contributed by atoms with E-state index in [0.717, 1.165) is 5.76 Å². The van der Waals surface area contributed by atoms with Crippen LogP contribution in [0.3, 0.4) is 0 Å². The molecule has 8 nitrogen and oxygen atoms in total. The number of thioether (sulfide) groups is 1. The molecule has 3 aromatic heterocycles. The Hall–Kier alpha value is -2.94. The molecule has 25 heavy (non-hydrogen) atoms. The summed E-state index contributed by atoms with van der Waals surface area (Å²) in [4.78, 5) is 17.0. The van der Waals surface area contributed by atoms with Gasteiger partial charge in [0, 0.05) is 7.05 Å². The zero-order valence-electron chi connectivity index (χ0n) is 13.4. The highest BCUT2D eigenvalue weighted by molar-refractivity contribution is 7.98. The molecule has 4 rings (SSSR count). The third-order valence-corrected chi connectivity index (χ3v) is 4.74. The lowest BCUT2D eigenvalue weighted by atomic mass is 10.2. The Bertz CT molecular complexity index is 1070. The second kappa shape index (κ2) is 6.52. The Balaban J connectivity index is 1.58. The number of aromatic nitrogens is 6. The molecule has 0 unspecified atom stereocenters. The monoisotopic (exact) mass is 354 g/mol. The number of rotatable bonds is 5. The first-order valence-electron chi connectivity index (χ1n) is 7.58. The Morgan fingerprint density at radius 2 is 2.08 bits per heavy atom. The van der Waals surface area contributed by atoms with Crippen molar-refractivity contribution in [3.63, 3.8) is 0 Å². The molecule has 0 fully saturated rings. The van der Waals surface area contributed by atoms with Crippen molar-refractivity contribution in [1.29, 1.82) is 0 Å². The van der Waals surface area contributed by atoms with Gasteiger partial charge in [-0.25, -0.2) is 9.67 Å². The molecule has 0 aliphatic rings. The van der Waals surface area contributed by atoms with Crippen LogP contribution >= 0.6 is 11.8 Å². The van der Waals surface area contributed by atoms with E-state index >= 15 is 0 Å². The predicted octanol–water partition coefficient (Wildman–Crippen LogP) is 1.85. The summed E-state index contributed by atoms with van der Waals surface area (Å²) in [6.07, 6.45) is 1.61. The zero-order valence-corrected chi connectivity index (χ0v) is 14.2. The van der Waals surface area contributed by atoms with E-state index in [1.807, 2.05) is 30.3 Å². The standard InChI is InChI=1S/C16H14N6O2S/c1-21-14(17-13-7-3-2-6-12(13)15(21)23)10-25-16-18-19-20-22(16)9-11-5-4-8-24-11/h2-8H,9-10H2,1H3. The van der Waals surface area contributed by atoms with Crippen LogP contribution in [-0.2, 0) is 19.3 Å².